The van der Waals surface area contributed by atoms with Crippen molar-refractivity contribution in [1.82, 2.24) is 0 Å². The molecule has 0 aromatic heterocycles. The van der Waals surface area contributed by atoms with Crippen LogP contribution in [-0.4, -0.2) is 46.7 Å². The fraction of sp³-hybridized carbons (Fsp3) is 0.167. The van der Waals surface area contributed by atoms with Crippen molar-refractivity contribution in [2.75, 3.05) is 18.1 Å². The number of fused-ring (bicyclic) bond motifs is 1. The van der Waals surface area contributed by atoms with Crippen molar-refractivity contribution in [2.24, 2.45) is 0 Å². The van der Waals surface area contributed by atoms with Crippen molar-refractivity contribution >= 4 is 46.8 Å². The number of hydrogen-bond donors (Lipinski definition) is 3. The SMILES string of the molecule is Nc1ccc2c(S(=O)(=O)CCOS(=O)(=O)O)cc(S(=O)(=O)O)cc2c1. The molecule has 0 spiro atoms. The van der Waals surface area contributed by atoms with Gasteiger partial charge in [-0.2, -0.15) is 16.8 Å². The van der Waals surface area contributed by atoms with Crippen molar-refractivity contribution in [3.63, 3.8) is 0 Å². The third kappa shape index (κ3) is 4.87. The first-order chi connectivity index (χ1) is 11.3. The maximum Gasteiger partial charge on any atom is 0.397 e. The fourth-order valence-electron chi connectivity index (χ4n) is 2.09. The maximum absolute atomic E-state index is 12.4. The van der Waals surface area contributed by atoms with Crippen molar-refractivity contribution in [3.8, 4) is 0 Å². The van der Waals surface area contributed by atoms with E-state index in [-0.39, 0.29) is 16.5 Å². The number of nitrogen functional groups attached to an aromatic ring is 1. The van der Waals surface area contributed by atoms with Crippen LogP contribution < -0.4 is 5.73 Å². The second kappa shape index (κ2) is 6.51. The molecule has 2 rings (SSSR count). The lowest BCUT2D eigenvalue weighted by Crippen LogP contribution is -2.16. The molecular formula is C12H13NO9S3. The zero-order valence-electron chi connectivity index (χ0n) is 12.4. The molecule has 13 heteroatoms. The summed E-state index contributed by atoms with van der Waals surface area (Å²) in [6, 6.07) is 5.85. The molecule has 2 aromatic rings. The molecule has 10 nitrogen and oxygen atoms in total. The number of rotatable bonds is 6. The zero-order valence-corrected chi connectivity index (χ0v) is 14.8. The van der Waals surface area contributed by atoms with Crippen LogP contribution in [0.2, 0.25) is 0 Å². The van der Waals surface area contributed by atoms with Crippen LogP contribution in [0.25, 0.3) is 10.8 Å². The van der Waals surface area contributed by atoms with Gasteiger partial charge >= 0.3 is 10.4 Å². The largest absolute Gasteiger partial charge is 0.399 e. The minimum absolute atomic E-state index is 0.119. The van der Waals surface area contributed by atoms with Gasteiger partial charge in [-0.1, -0.05) is 6.07 Å². The quantitative estimate of drug-likeness (QED) is 0.441. The van der Waals surface area contributed by atoms with Gasteiger partial charge in [-0.15, -0.1) is 0 Å². The first-order valence-corrected chi connectivity index (χ1v) is 10.9. The highest BCUT2D eigenvalue weighted by atomic mass is 32.3. The highest BCUT2D eigenvalue weighted by molar-refractivity contribution is 7.91. The van der Waals surface area contributed by atoms with E-state index in [0.29, 0.717) is 0 Å². The predicted molar refractivity (Wildman–Crippen MR) is 87.7 cm³/mol. The highest BCUT2D eigenvalue weighted by Crippen LogP contribution is 2.29. The zero-order chi connectivity index (χ0) is 19.0. The van der Waals surface area contributed by atoms with Crippen molar-refractivity contribution in [2.45, 2.75) is 9.79 Å². The second-order valence-corrected chi connectivity index (χ2v) is 9.54. The van der Waals surface area contributed by atoms with Gasteiger partial charge in [0.25, 0.3) is 10.1 Å². The smallest absolute Gasteiger partial charge is 0.397 e. The number of benzene rings is 2. The first kappa shape index (κ1) is 19.6. The Balaban J connectivity index is 2.62. The standard InChI is InChI=1S/C12H13NO9S3/c13-9-1-2-11-8(5-9)6-10(24(16,17)18)7-12(11)23(14,15)4-3-22-25(19,20)21/h1-2,5-7H,3-4,13H2,(H,16,17,18)(H,19,20,21). The summed E-state index contributed by atoms with van der Waals surface area (Å²) in [5.74, 6) is -0.860. The van der Waals surface area contributed by atoms with Crippen LogP contribution in [0.5, 0.6) is 0 Å². The fourth-order valence-corrected chi connectivity index (χ4v) is 4.46. The molecule has 138 valence electrons. The number of nitrogens with two attached hydrogens (primary N) is 1. The summed E-state index contributed by atoms with van der Waals surface area (Å²) in [7, 11) is -13.8. The Kier molecular flexibility index (Phi) is 5.09. The van der Waals surface area contributed by atoms with E-state index in [1.807, 2.05) is 0 Å². The van der Waals surface area contributed by atoms with Crippen LogP contribution in [0.15, 0.2) is 40.1 Å². The lowest BCUT2D eigenvalue weighted by molar-refractivity contribution is 0.284. The van der Waals surface area contributed by atoms with Crippen LogP contribution in [0.4, 0.5) is 5.69 Å². The predicted octanol–water partition coefficient (Wildman–Crippen LogP) is 0.262. The van der Waals surface area contributed by atoms with E-state index in [0.717, 1.165) is 12.1 Å². The summed E-state index contributed by atoms with van der Waals surface area (Å²) in [6.45, 7) is -0.881. The normalized spacial score (nSPS) is 13.2. The van der Waals surface area contributed by atoms with Gasteiger partial charge in [0.05, 0.1) is 22.2 Å². The monoisotopic (exact) mass is 411 g/mol. The number of hydrogen-bond acceptors (Lipinski definition) is 8. The van der Waals surface area contributed by atoms with Crippen LogP contribution in [0.3, 0.4) is 0 Å². The summed E-state index contributed by atoms with van der Waals surface area (Å²) in [6.07, 6.45) is 0. The maximum atomic E-state index is 12.4. The minimum Gasteiger partial charge on any atom is -0.399 e. The second-order valence-electron chi connectivity index (χ2n) is 4.95. The molecule has 4 N–H and O–H groups in total. The Bertz CT molecular complexity index is 1140. The molecule has 0 amide bonds. The Morgan fingerprint density at radius 2 is 1.60 bits per heavy atom. The Morgan fingerprint density at radius 1 is 0.960 bits per heavy atom. The molecule has 0 saturated heterocycles. The van der Waals surface area contributed by atoms with Gasteiger partial charge < -0.3 is 5.73 Å². The molecule has 0 atom stereocenters. The van der Waals surface area contributed by atoms with Crippen LogP contribution in [-0.2, 0) is 34.5 Å². The lowest BCUT2D eigenvalue weighted by atomic mass is 10.1. The van der Waals surface area contributed by atoms with Crippen LogP contribution in [0.1, 0.15) is 0 Å². The summed E-state index contributed by atoms with van der Waals surface area (Å²) in [5.41, 5.74) is 5.83. The summed E-state index contributed by atoms with van der Waals surface area (Å²) >= 11 is 0. The molecule has 25 heavy (non-hydrogen) atoms. The van der Waals surface area contributed by atoms with Gasteiger partial charge in [-0.05, 0) is 29.7 Å². The topological polar surface area (TPSA) is 178 Å². The molecule has 0 fully saturated rings. The van der Waals surface area contributed by atoms with Crippen LogP contribution >= 0.6 is 0 Å². The summed E-state index contributed by atoms with van der Waals surface area (Å²) in [5, 5.41) is 0.262. The lowest BCUT2D eigenvalue weighted by Gasteiger charge is -2.11. The van der Waals surface area contributed by atoms with Gasteiger partial charge in [0, 0.05) is 11.1 Å². The van der Waals surface area contributed by atoms with E-state index in [2.05, 4.69) is 4.18 Å². The minimum atomic E-state index is -4.83. The molecular weight excluding hydrogens is 398 g/mol. The van der Waals surface area contributed by atoms with Crippen molar-refractivity contribution in [1.29, 1.82) is 0 Å². The number of anilines is 1. The van der Waals surface area contributed by atoms with E-state index in [1.165, 1.54) is 18.2 Å². The first-order valence-electron chi connectivity index (χ1n) is 6.45. The summed E-state index contributed by atoms with van der Waals surface area (Å²) in [4.78, 5) is -1.13. The van der Waals surface area contributed by atoms with E-state index >= 15 is 0 Å². The van der Waals surface area contributed by atoms with E-state index in [9.17, 15) is 29.8 Å². The van der Waals surface area contributed by atoms with E-state index in [4.69, 9.17) is 10.3 Å². The molecule has 0 aliphatic heterocycles. The molecule has 0 aliphatic carbocycles. The van der Waals surface area contributed by atoms with E-state index in [1.54, 1.807) is 0 Å². The molecule has 0 saturated carbocycles. The van der Waals surface area contributed by atoms with E-state index < -0.39 is 52.5 Å². The highest BCUT2D eigenvalue weighted by Gasteiger charge is 2.23. The molecule has 0 unspecified atom stereocenters. The summed E-state index contributed by atoms with van der Waals surface area (Å²) < 4.78 is 90.3. The Hall–Kier alpha value is -1.77. The Morgan fingerprint density at radius 3 is 2.16 bits per heavy atom. The van der Waals surface area contributed by atoms with Gasteiger partial charge in [0.2, 0.25) is 0 Å². The third-order valence-corrected chi connectivity index (χ3v) is 6.14. The molecule has 0 heterocycles. The molecule has 0 radical (unpaired) electrons. The third-order valence-electron chi connectivity index (χ3n) is 3.13. The van der Waals surface area contributed by atoms with Gasteiger partial charge in [-0.25, -0.2) is 12.6 Å². The van der Waals surface area contributed by atoms with Gasteiger partial charge in [0.1, 0.15) is 0 Å². The van der Waals surface area contributed by atoms with Crippen molar-refractivity contribution < 1.29 is 38.5 Å². The molecule has 0 aliphatic rings. The van der Waals surface area contributed by atoms with Crippen molar-refractivity contribution in [3.05, 3.63) is 30.3 Å². The molecule has 2 aromatic carbocycles. The van der Waals surface area contributed by atoms with Gasteiger partial charge in [0.15, 0.2) is 9.84 Å². The average Bonchev–Trinajstić information content (AvgIpc) is 2.42. The molecule has 0 bridgehead atoms. The Labute approximate surface area is 143 Å². The average molecular weight is 411 g/mol. The number of sulfone groups is 1. The van der Waals surface area contributed by atoms with Gasteiger partial charge in [-0.3, -0.25) is 9.11 Å². The van der Waals surface area contributed by atoms with Crippen LogP contribution in [0, 0.1) is 0 Å².